The molecule has 4 heteroatoms. The summed E-state index contributed by atoms with van der Waals surface area (Å²) in [5, 5.41) is 7.88. The van der Waals surface area contributed by atoms with Crippen molar-refractivity contribution in [3.63, 3.8) is 0 Å². The summed E-state index contributed by atoms with van der Waals surface area (Å²) < 4.78 is 1.84. The van der Waals surface area contributed by atoms with Gasteiger partial charge in [-0.25, -0.2) is 0 Å². The molecule has 1 atom stereocenters. The highest BCUT2D eigenvalue weighted by Gasteiger charge is 2.18. The zero-order valence-corrected chi connectivity index (χ0v) is 11.2. The Morgan fingerprint density at radius 2 is 1.75 bits per heavy atom. The molecule has 0 spiro atoms. The molecule has 0 aromatic carbocycles. The van der Waals surface area contributed by atoms with Gasteiger partial charge in [0.05, 0.1) is 11.4 Å². The van der Waals surface area contributed by atoms with Crippen molar-refractivity contribution in [1.82, 2.24) is 9.78 Å². The maximum Gasteiger partial charge on any atom is 0.148 e. The zero-order valence-electron chi connectivity index (χ0n) is 11.2. The fraction of sp³-hybridized carbons (Fsp3) is 0.750. The summed E-state index contributed by atoms with van der Waals surface area (Å²) in [6, 6.07) is 0.387. The molecular formula is C12H24N4. The summed E-state index contributed by atoms with van der Waals surface area (Å²) in [6.45, 7) is 10.7. The van der Waals surface area contributed by atoms with Gasteiger partial charge in [0.2, 0.25) is 0 Å². The predicted molar refractivity (Wildman–Crippen MR) is 69.6 cm³/mol. The topological polar surface area (TPSA) is 55.9 Å². The van der Waals surface area contributed by atoms with Crippen molar-refractivity contribution in [3.05, 3.63) is 5.69 Å². The lowest BCUT2D eigenvalue weighted by molar-refractivity contribution is 0.553. The average molecular weight is 224 g/mol. The molecule has 92 valence electrons. The number of nitrogens with zero attached hydrogens (tertiary/aromatic N) is 2. The molecule has 1 aromatic heterocycles. The molecule has 16 heavy (non-hydrogen) atoms. The highest BCUT2D eigenvalue weighted by molar-refractivity contribution is 5.66. The Kier molecular flexibility index (Phi) is 3.83. The molecule has 0 radical (unpaired) electrons. The van der Waals surface area contributed by atoms with E-state index >= 15 is 0 Å². The van der Waals surface area contributed by atoms with Crippen LogP contribution in [-0.2, 0) is 7.05 Å². The van der Waals surface area contributed by atoms with E-state index in [2.05, 4.69) is 45.0 Å². The first-order valence-electron chi connectivity index (χ1n) is 5.93. The molecule has 1 heterocycles. The summed E-state index contributed by atoms with van der Waals surface area (Å²) in [4.78, 5) is 0. The van der Waals surface area contributed by atoms with Crippen LogP contribution in [0.3, 0.4) is 0 Å². The number of anilines is 2. The molecule has 0 saturated heterocycles. The summed E-state index contributed by atoms with van der Waals surface area (Å²) in [5.41, 5.74) is 7.86. The van der Waals surface area contributed by atoms with Gasteiger partial charge in [0.25, 0.3) is 0 Å². The lowest BCUT2D eigenvalue weighted by Crippen LogP contribution is -2.23. The number of aryl methyl sites for hydroxylation is 1. The second-order valence-corrected chi connectivity index (χ2v) is 5.10. The first-order valence-corrected chi connectivity index (χ1v) is 5.93. The van der Waals surface area contributed by atoms with Crippen LogP contribution in [0, 0.1) is 5.92 Å². The van der Waals surface area contributed by atoms with Crippen molar-refractivity contribution >= 4 is 11.5 Å². The van der Waals surface area contributed by atoms with E-state index in [4.69, 9.17) is 5.73 Å². The van der Waals surface area contributed by atoms with Gasteiger partial charge in [-0.3, -0.25) is 4.68 Å². The number of nitrogens with two attached hydrogens (primary N) is 1. The van der Waals surface area contributed by atoms with E-state index < -0.39 is 0 Å². The third-order valence-electron chi connectivity index (χ3n) is 3.02. The fourth-order valence-corrected chi connectivity index (χ4v) is 1.54. The fourth-order valence-electron chi connectivity index (χ4n) is 1.54. The minimum absolute atomic E-state index is 0.358. The third kappa shape index (κ3) is 2.49. The van der Waals surface area contributed by atoms with Crippen LogP contribution in [0.4, 0.5) is 11.5 Å². The number of hydrogen-bond acceptors (Lipinski definition) is 3. The van der Waals surface area contributed by atoms with Crippen LogP contribution in [0.1, 0.15) is 46.2 Å². The van der Waals surface area contributed by atoms with Crippen LogP contribution in [0.2, 0.25) is 0 Å². The highest BCUT2D eigenvalue weighted by atomic mass is 15.3. The van der Waals surface area contributed by atoms with Crippen molar-refractivity contribution in [2.75, 3.05) is 11.1 Å². The van der Waals surface area contributed by atoms with Crippen molar-refractivity contribution < 1.29 is 0 Å². The van der Waals surface area contributed by atoms with Crippen molar-refractivity contribution in [2.45, 2.75) is 46.6 Å². The Bertz CT molecular complexity index is 352. The molecule has 0 fully saturated rings. The molecule has 0 amide bonds. The van der Waals surface area contributed by atoms with Gasteiger partial charge in [0.15, 0.2) is 0 Å². The van der Waals surface area contributed by atoms with Gasteiger partial charge >= 0.3 is 0 Å². The van der Waals surface area contributed by atoms with Gasteiger partial charge in [0, 0.05) is 13.1 Å². The minimum Gasteiger partial charge on any atom is -0.394 e. The SMILES string of the molecule is CC(C)c1nn(C)c(NC(C)C(C)C)c1N. The lowest BCUT2D eigenvalue weighted by Gasteiger charge is -2.19. The van der Waals surface area contributed by atoms with E-state index in [1.54, 1.807) is 0 Å². The molecule has 0 aliphatic heterocycles. The van der Waals surface area contributed by atoms with Crippen molar-refractivity contribution in [2.24, 2.45) is 13.0 Å². The Labute approximate surface area is 98.2 Å². The van der Waals surface area contributed by atoms with Gasteiger partial charge in [0.1, 0.15) is 5.82 Å². The number of nitrogen functional groups attached to an aromatic ring is 1. The van der Waals surface area contributed by atoms with E-state index in [9.17, 15) is 0 Å². The number of rotatable bonds is 4. The van der Waals surface area contributed by atoms with E-state index in [-0.39, 0.29) is 0 Å². The molecule has 0 saturated carbocycles. The van der Waals surface area contributed by atoms with E-state index in [0.29, 0.717) is 17.9 Å². The van der Waals surface area contributed by atoms with Gasteiger partial charge in [-0.15, -0.1) is 0 Å². The van der Waals surface area contributed by atoms with E-state index in [1.807, 2.05) is 11.7 Å². The number of hydrogen-bond donors (Lipinski definition) is 2. The number of nitrogens with one attached hydrogen (secondary N) is 1. The van der Waals surface area contributed by atoms with Crippen LogP contribution in [0.15, 0.2) is 0 Å². The Hall–Kier alpha value is -1.19. The van der Waals surface area contributed by atoms with E-state index in [0.717, 1.165) is 17.2 Å². The van der Waals surface area contributed by atoms with Gasteiger partial charge in [-0.05, 0) is 18.8 Å². The molecule has 3 N–H and O–H groups in total. The maximum absolute atomic E-state index is 6.11. The first-order chi connectivity index (χ1) is 7.34. The Morgan fingerprint density at radius 3 is 2.12 bits per heavy atom. The molecule has 0 aliphatic rings. The summed E-state index contributed by atoms with van der Waals surface area (Å²) in [6.07, 6.45) is 0. The normalized spacial score (nSPS) is 13.5. The zero-order chi connectivity index (χ0) is 12.5. The standard InChI is InChI=1S/C12H24N4/c1-7(2)9(5)14-12-10(13)11(8(3)4)15-16(12)6/h7-9,14H,13H2,1-6H3. The smallest absolute Gasteiger partial charge is 0.148 e. The van der Waals surface area contributed by atoms with Crippen LogP contribution >= 0.6 is 0 Å². The summed E-state index contributed by atoms with van der Waals surface area (Å²) in [7, 11) is 1.93. The van der Waals surface area contributed by atoms with Gasteiger partial charge < -0.3 is 11.1 Å². The molecular weight excluding hydrogens is 200 g/mol. The summed E-state index contributed by atoms with van der Waals surface area (Å²) in [5.74, 6) is 1.86. The quantitative estimate of drug-likeness (QED) is 0.826. The van der Waals surface area contributed by atoms with Gasteiger partial charge in [-0.1, -0.05) is 27.7 Å². The molecule has 1 aromatic rings. The average Bonchev–Trinajstić information content (AvgIpc) is 2.45. The third-order valence-corrected chi connectivity index (χ3v) is 3.02. The number of aromatic nitrogens is 2. The van der Waals surface area contributed by atoms with Gasteiger partial charge in [-0.2, -0.15) is 5.10 Å². The monoisotopic (exact) mass is 224 g/mol. The predicted octanol–water partition coefficient (Wildman–Crippen LogP) is 2.58. The van der Waals surface area contributed by atoms with Crippen LogP contribution in [0.5, 0.6) is 0 Å². The largest absolute Gasteiger partial charge is 0.394 e. The van der Waals surface area contributed by atoms with Crippen LogP contribution in [0.25, 0.3) is 0 Å². The molecule has 4 nitrogen and oxygen atoms in total. The molecule has 1 unspecified atom stereocenters. The minimum atomic E-state index is 0.358. The lowest BCUT2D eigenvalue weighted by atomic mass is 10.1. The van der Waals surface area contributed by atoms with E-state index in [1.165, 1.54) is 0 Å². The Balaban J connectivity index is 2.96. The second kappa shape index (κ2) is 4.76. The first kappa shape index (κ1) is 12.9. The highest BCUT2D eigenvalue weighted by Crippen LogP contribution is 2.28. The molecule has 1 rings (SSSR count). The van der Waals surface area contributed by atoms with Crippen molar-refractivity contribution in [1.29, 1.82) is 0 Å². The second-order valence-electron chi connectivity index (χ2n) is 5.10. The Morgan fingerprint density at radius 1 is 1.19 bits per heavy atom. The van der Waals surface area contributed by atoms with Crippen molar-refractivity contribution in [3.8, 4) is 0 Å². The van der Waals surface area contributed by atoms with Crippen LogP contribution < -0.4 is 11.1 Å². The van der Waals surface area contributed by atoms with Crippen LogP contribution in [-0.4, -0.2) is 15.8 Å². The molecule has 0 bridgehead atoms. The maximum atomic E-state index is 6.11. The summed E-state index contributed by atoms with van der Waals surface area (Å²) >= 11 is 0. The molecule has 0 aliphatic carbocycles.